The van der Waals surface area contributed by atoms with Gasteiger partial charge in [0.1, 0.15) is 0 Å². The van der Waals surface area contributed by atoms with Crippen LogP contribution in [0.5, 0.6) is 0 Å². The van der Waals surface area contributed by atoms with Gasteiger partial charge < -0.3 is 0 Å². The van der Waals surface area contributed by atoms with Gasteiger partial charge in [0.15, 0.2) is 5.78 Å². The molecule has 0 bridgehead atoms. The lowest BCUT2D eigenvalue weighted by Gasteiger charge is -2.26. The summed E-state index contributed by atoms with van der Waals surface area (Å²) in [7, 11) is 0. The Labute approximate surface area is 80.5 Å². The zero-order valence-corrected chi connectivity index (χ0v) is 9.14. The number of allylic oxidation sites excluding steroid dienone is 4. The zero-order chi connectivity index (χ0) is 10.2. The summed E-state index contributed by atoms with van der Waals surface area (Å²) in [4.78, 5) is 11.6. The van der Waals surface area contributed by atoms with Crippen LogP contribution in [0.2, 0.25) is 0 Å². The fraction of sp³-hybridized carbons (Fsp3) is 0.583. The van der Waals surface area contributed by atoms with E-state index in [4.69, 9.17) is 0 Å². The van der Waals surface area contributed by atoms with Gasteiger partial charge in [-0.05, 0) is 18.9 Å². The Morgan fingerprint density at radius 3 is 2.15 bits per heavy atom. The number of ketones is 1. The van der Waals surface area contributed by atoms with Crippen LogP contribution in [0.1, 0.15) is 34.6 Å². The Kier molecular flexibility index (Phi) is 2.47. The van der Waals surface area contributed by atoms with Gasteiger partial charge in [0.2, 0.25) is 0 Å². The van der Waals surface area contributed by atoms with Crippen LogP contribution in [0.25, 0.3) is 0 Å². The zero-order valence-electron chi connectivity index (χ0n) is 9.14. The van der Waals surface area contributed by atoms with Crippen molar-refractivity contribution in [1.29, 1.82) is 0 Å². The summed E-state index contributed by atoms with van der Waals surface area (Å²) in [6.45, 7) is 10.5. The molecule has 0 aromatic heterocycles. The second kappa shape index (κ2) is 3.13. The fourth-order valence-electron chi connectivity index (χ4n) is 2.25. The van der Waals surface area contributed by atoms with Crippen LogP contribution in [0.3, 0.4) is 0 Å². The summed E-state index contributed by atoms with van der Waals surface area (Å²) in [6, 6.07) is 0. The maximum absolute atomic E-state index is 11.6. The van der Waals surface area contributed by atoms with Crippen LogP contribution in [0.4, 0.5) is 0 Å². The van der Waals surface area contributed by atoms with Crippen LogP contribution in [0, 0.1) is 11.3 Å². The van der Waals surface area contributed by atoms with Crippen molar-refractivity contribution in [2.75, 3.05) is 0 Å². The number of carbonyl (C=O) groups excluding carboxylic acids is 1. The first-order chi connectivity index (χ1) is 5.91. The smallest absolute Gasteiger partial charge is 0.182 e. The molecule has 0 N–H and O–H groups in total. The van der Waals surface area contributed by atoms with E-state index in [0.717, 1.165) is 5.57 Å². The molecule has 1 heteroatoms. The van der Waals surface area contributed by atoms with E-state index in [-0.39, 0.29) is 11.2 Å². The molecule has 0 aromatic rings. The van der Waals surface area contributed by atoms with Gasteiger partial charge in [-0.1, -0.05) is 39.3 Å². The Morgan fingerprint density at radius 1 is 1.38 bits per heavy atom. The van der Waals surface area contributed by atoms with Gasteiger partial charge >= 0.3 is 0 Å². The molecule has 0 atom stereocenters. The summed E-state index contributed by atoms with van der Waals surface area (Å²) in [5, 5.41) is 0. The SMILES string of the molecule is C/C=C1\C(=O)C=C(C(C)C)C1(C)C. The van der Waals surface area contributed by atoms with E-state index in [1.165, 1.54) is 5.57 Å². The average Bonchev–Trinajstić information content (AvgIpc) is 2.21. The first kappa shape index (κ1) is 10.2. The monoisotopic (exact) mass is 178 g/mol. The van der Waals surface area contributed by atoms with Crippen LogP contribution >= 0.6 is 0 Å². The maximum Gasteiger partial charge on any atom is 0.182 e. The van der Waals surface area contributed by atoms with E-state index in [0.29, 0.717) is 5.92 Å². The lowest BCUT2D eigenvalue weighted by molar-refractivity contribution is -0.111. The molecule has 0 spiro atoms. The van der Waals surface area contributed by atoms with Crippen molar-refractivity contribution in [1.82, 2.24) is 0 Å². The van der Waals surface area contributed by atoms with E-state index in [1.54, 1.807) is 6.08 Å². The first-order valence-electron chi connectivity index (χ1n) is 4.84. The Morgan fingerprint density at radius 2 is 1.92 bits per heavy atom. The average molecular weight is 178 g/mol. The molecule has 0 aliphatic heterocycles. The summed E-state index contributed by atoms with van der Waals surface area (Å²) < 4.78 is 0. The van der Waals surface area contributed by atoms with Crippen molar-refractivity contribution < 1.29 is 4.79 Å². The van der Waals surface area contributed by atoms with Crippen molar-refractivity contribution in [3.8, 4) is 0 Å². The molecule has 72 valence electrons. The van der Waals surface area contributed by atoms with E-state index in [2.05, 4.69) is 27.7 Å². The summed E-state index contributed by atoms with van der Waals surface area (Å²) in [5.74, 6) is 0.646. The van der Waals surface area contributed by atoms with Crippen molar-refractivity contribution >= 4 is 5.78 Å². The number of rotatable bonds is 1. The van der Waals surface area contributed by atoms with Crippen molar-refractivity contribution in [3.05, 3.63) is 23.3 Å². The third-order valence-corrected chi connectivity index (χ3v) is 2.86. The largest absolute Gasteiger partial charge is 0.290 e. The first-order valence-corrected chi connectivity index (χ1v) is 4.84. The Bertz CT molecular complexity index is 290. The van der Waals surface area contributed by atoms with Crippen molar-refractivity contribution in [2.45, 2.75) is 34.6 Å². The Hall–Kier alpha value is -0.850. The maximum atomic E-state index is 11.6. The molecule has 1 nitrogen and oxygen atoms in total. The molecule has 0 saturated heterocycles. The molecule has 1 rings (SSSR count). The van der Waals surface area contributed by atoms with Gasteiger partial charge in [0, 0.05) is 11.0 Å². The van der Waals surface area contributed by atoms with Gasteiger partial charge in [0.05, 0.1) is 0 Å². The molecule has 0 unspecified atom stereocenters. The highest BCUT2D eigenvalue weighted by Crippen LogP contribution is 2.44. The van der Waals surface area contributed by atoms with Gasteiger partial charge in [-0.3, -0.25) is 4.79 Å². The van der Waals surface area contributed by atoms with Crippen LogP contribution in [0.15, 0.2) is 23.3 Å². The molecule has 0 saturated carbocycles. The highest BCUT2D eigenvalue weighted by atomic mass is 16.1. The van der Waals surface area contributed by atoms with E-state index in [9.17, 15) is 4.79 Å². The Balaban J connectivity index is 3.17. The van der Waals surface area contributed by atoms with Crippen LogP contribution < -0.4 is 0 Å². The molecule has 0 radical (unpaired) electrons. The molecule has 0 aromatic carbocycles. The minimum atomic E-state index is -0.0556. The quantitative estimate of drug-likeness (QED) is 0.564. The molecule has 13 heavy (non-hydrogen) atoms. The van der Waals surface area contributed by atoms with E-state index < -0.39 is 0 Å². The van der Waals surface area contributed by atoms with E-state index >= 15 is 0 Å². The predicted octanol–water partition coefficient (Wildman–Crippen LogP) is 3.12. The topological polar surface area (TPSA) is 17.1 Å². The van der Waals surface area contributed by atoms with Crippen LogP contribution in [-0.2, 0) is 4.79 Å². The van der Waals surface area contributed by atoms with Gasteiger partial charge in [-0.25, -0.2) is 0 Å². The van der Waals surface area contributed by atoms with Crippen molar-refractivity contribution in [3.63, 3.8) is 0 Å². The highest BCUT2D eigenvalue weighted by Gasteiger charge is 2.37. The standard InChI is InChI=1S/C12H18O/c1-6-9-11(13)7-10(8(2)3)12(9,4)5/h6-8H,1-5H3/b9-6+. The van der Waals surface area contributed by atoms with Gasteiger partial charge in [-0.2, -0.15) is 0 Å². The minimum absolute atomic E-state index is 0.0556. The molecular formula is C12H18O. The van der Waals surface area contributed by atoms with Gasteiger partial charge in [-0.15, -0.1) is 0 Å². The number of carbonyl (C=O) groups is 1. The molecule has 1 aliphatic carbocycles. The molecule has 0 fully saturated rings. The molecular weight excluding hydrogens is 160 g/mol. The summed E-state index contributed by atoms with van der Waals surface area (Å²) in [6.07, 6.45) is 3.74. The third kappa shape index (κ3) is 1.48. The summed E-state index contributed by atoms with van der Waals surface area (Å²) >= 11 is 0. The lowest BCUT2D eigenvalue weighted by Crippen LogP contribution is -2.18. The molecule has 1 aliphatic rings. The second-order valence-corrected chi connectivity index (χ2v) is 4.45. The van der Waals surface area contributed by atoms with Crippen molar-refractivity contribution in [2.24, 2.45) is 11.3 Å². The number of hydrogen-bond donors (Lipinski definition) is 0. The number of hydrogen-bond acceptors (Lipinski definition) is 1. The molecule has 0 heterocycles. The second-order valence-electron chi connectivity index (χ2n) is 4.45. The molecule has 0 amide bonds. The fourth-order valence-corrected chi connectivity index (χ4v) is 2.25. The summed E-state index contributed by atoms with van der Waals surface area (Å²) in [5.41, 5.74) is 2.14. The predicted molar refractivity (Wildman–Crippen MR) is 55.5 cm³/mol. The lowest BCUT2D eigenvalue weighted by atomic mass is 9.77. The van der Waals surface area contributed by atoms with Crippen LogP contribution in [-0.4, -0.2) is 5.78 Å². The third-order valence-electron chi connectivity index (χ3n) is 2.86. The van der Waals surface area contributed by atoms with E-state index in [1.807, 2.05) is 13.0 Å². The highest BCUT2D eigenvalue weighted by molar-refractivity contribution is 6.09. The van der Waals surface area contributed by atoms with Gasteiger partial charge in [0.25, 0.3) is 0 Å². The minimum Gasteiger partial charge on any atom is -0.290 e. The normalized spacial score (nSPS) is 24.3.